The summed E-state index contributed by atoms with van der Waals surface area (Å²) < 4.78 is 2.10. The summed E-state index contributed by atoms with van der Waals surface area (Å²) in [5.74, 6) is 0.589. The minimum atomic E-state index is 0.144. The molecule has 0 amide bonds. The summed E-state index contributed by atoms with van der Waals surface area (Å²) in [4.78, 5) is 6.41. The van der Waals surface area contributed by atoms with Gasteiger partial charge in [0.1, 0.15) is 0 Å². The van der Waals surface area contributed by atoms with Gasteiger partial charge < -0.3 is 0 Å². The Bertz CT molecular complexity index is 358. The van der Waals surface area contributed by atoms with Gasteiger partial charge in [-0.25, -0.2) is 0 Å². The van der Waals surface area contributed by atoms with Gasteiger partial charge >= 0.3 is 106 Å². The van der Waals surface area contributed by atoms with E-state index >= 15 is 0 Å². The van der Waals surface area contributed by atoms with Gasteiger partial charge in [-0.05, 0) is 0 Å². The Morgan fingerprint density at radius 1 is 1.35 bits per heavy atom. The summed E-state index contributed by atoms with van der Waals surface area (Å²) in [6, 6.07) is 7.62. The SMILES string of the molecule is CC.C[I-]/C=C\C(N)=NCc1ccc(Cl)cc1. The van der Waals surface area contributed by atoms with Gasteiger partial charge in [0.05, 0.1) is 0 Å². The van der Waals surface area contributed by atoms with Crippen LogP contribution in [0.5, 0.6) is 0 Å². The molecule has 0 saturated heterocycles. The summed E-state index contributed by atoms with van der Waals surface area (Å²) in [6.07, 6.45) is 1.88. The fourth-order valence-corrected chi connectivity index (χ4v) is 1.81. The second-order valence-corrected chi connectivity index (χ2v) is 5.28. The first-order chi connectivity index (χ1) is 8.22. The summed E-state index contributed by atoms with van der Waals surface area (Å²) in [5.41, 5.74) is 6.81. The molecule has 2 nitrogen and oxygen atoms in total. The molecule has 0 radical (unpaired) electrons. The predicted molar refractivity (Wildman–Crippen MR) is 73.2 cm³/mol. The summed E-state index contributed by atoms with van der Waals surface area (Å²) in [7, 11) is 0. The first kappa shape index (κ1) is 16.4. The second-order valence-electron chi connectivity index (χ2n) is 2.88. The van der Waals surface area contributed by atoms with Crippen molar-refractivity contribution in [2.75, 3.05) is 4.93 Å². The van der Waals surface area contributed by atoms with Gasteiger partial charge in [0.15, 0.2) is 0 Å². The van der Waals surface area contributed by atoms with E-state index in [1.165, 1.54) is 0 Å². The average Bonchev–Trinajstić information content (AvgIpc) is 2.38. The number of alkyl halides is 1. The molecule has 17 heavy (non-hydrogen) atoms. The van der Waals surface area contributed by atoms with Gasteiger partial charge in [0.25, 0.3) is 0 Å². The number of hydrogen-bond donors (Lipinski definition) is 1. The molecule has 0 atom stereocenters. The first-order valence-corrected chi connectivity index (χ1v) is 9.19. The van der Waals surface area contributed by atoms with E-state index in [4.69, 9.17) is 17.3 Å². The number of benzene rings is 1. The molecule has 0 fully saturated rings. The fourth-order valence-electron chi connectivity index (χ4n) is 0.953. The van der Waals surface area contributed by atoms with Crippen molar-refractivity contribution in [1.82, 2.24) is 0 Å². The molecule has 4 heteroatoms. The van der Waals surface area contributed by atoms with E-state index in [0.29, 0.717) is 12.4 Å². The standard InChI is InChI=1S/C11H13ClIN2.C2H6/c1-13-7-6-11(14)15-8-9-2-4-10(12)5-3-9;1-2/h2-7H,8H2,1H3,(H2,14,15);1-2H3/q-1;/b7-6-;. The molecule has 0 aliphatic carbocycles. The molecule has 1 aromatic rings. The number of halogens is 2. The number of rotatable bonds is 4. The van der Waals surface area contributed by atoms with Crippen LogP contribution in [0.1, 0.15) is 19.4 Å². The van der Waals surface area contributed by atoms with Crippen LogP contribution in [-0.4, -0.2) is 10.8 Å². The van der Waals surface area contributed by atoms with Crippen LogP contribution in [0.2, 0.25) is 5.02 Å². The molecule has 0 unspecified atom stereocenters. The molecule has 1 aromatic carbocycles. The average molecular weight is 366 g/mol. The number of aliphatic imine (C=N–C) groups is 1. The van der Waals surface area contributed by atoms with Crippen molar-refractivity contribution in [2.45, 2.75) is 20.4 Å². The van der Waals surface area contributed by atoms with E-state index in [1.54, 1.807) is 0 Å². The van der Waals surface area contributed by atoms with E-state index < -0.39 is 0 Å². The van der Waals surface area contributed by atoms with Crippen molar-refractivity contribution in [2.24, 2.45) is 10.7 Å². The third kappa shape index (κ3) is 8.21. The zero-order valence-electron chi connectivity index (χ0n) is 10.5. The van der Waals surface area contributed by atoms with Gasteiger partial charge in [-0.2, -0.15) is 0 Å². The molecular weight excluding hydrogens is 347 g/mol. The van der Waals surface area contributed by atoms with Crippen LogP contribution in [0.15, 0.2) is 39.4 Å². The molecule has 0 aliphatic rings. The third-order valence-electron chi connectivity index (χ3n) is 1.72. The van der Waals surface area contributed by atoms with Gasteiger partial charge in [-0.15, -0.1) is 0 Å². The Balaban J connectivity index is 0.00000121. The molecule has 1 rings (SSSR count). The van der Waals surface area contributed by atoms with E-state index in [2.05, 4.69) is 14.0 Å². The molecule has 0 heterocycles. The predicted octanol–water partition coefficient (Wildman–Crippen LogP) is 0.456. The Hall–Kier alpha value is -0.550. The van der Waals surface area contributed by atoms with Crippen LogP contribution in [0, 0.1) is 0 Å². The topological polar surface area (TPSA) is 38.4 Å². The van der Waals surface area contributed by atoms with Crippen molar-refractivity contribution in [3.63, 3.8) is 0 Å². The van der Waals surface area contributed by atoms with Crippen molar-refractivity contribution in [3.8, 4) is 0 Å². The molecular formula is C13H19ClIN2-. The number of nitrogens with zero attached hydrogens (tertiary/aromatic N) is 1. The molecule has 0 aromatic heterocycles. The van der Waals surface area contributed by atoms with Crippen molar-refractivity contribution in [1.29, 1.82) is 0 Å². The van der Waals surface area contributed by atoms with Gasteiger partial charge in [0, 0.05) is 0 Å². The van der Waals surface area contributed by atoms with Crippen LogP contribution in [0.4, 0.5) is 0 Å². The summed E-state index contributed by atoms with van der Waals surface area (Å²) in [6.45, 7) is 4.61. The molecule has 0 saturated carbocycles. The Morgan fingerprint density at radius 3 is 2.47 bits per heavy atom. The number of amidine groups is 1. The second kappa shape index (κ2) is 10.6. The van der Waals surface area contributed by atoms with Crippen molar-refractivity contribution in [3.05, 3.63) is 45.0 Å². The van der Waals surface area contributed by atoms with Gasteiger partial charge in [0.2, 0.25) is 0 Å². The maximum atomic E-state index is 5.77. The quantitative estimate of drug-likeness (QED) is 0.358. The normalized spacial score (nSPS) is 11.4. The van der Waals surface area contributed by atoms with Gasteiger partial charge in [-0.3, -0.25) is 0 Å². The van der Waals surface area contributed by atoms with Crippen LogP contribution >= 0.6 is 11.6 Å². The molecule has 0 bridgehead atoms. The van der Waals surface area contributed by atoms with Crippen LogP contribution in [-0.2, 0) is 6.54 Å². The number of hydrogen-bond acceptors (Lipinski definition) is 1. The van der Waals surface area contributed by atoms with E-state index in [1.807, 2.05) is 44.2 Å². The van der Waals surface area contributed by atoms with E-state index in [9.17, 15) is 0 Å². The number of nitrogens with two attached hydrogens (primary N) is 1. The summed E-state index contributed by atoms with van der Waals surface area (Å²) >= 11 is 5.92. The van der Waals surface area contributed by atoms with Crippen LogP contribution < -0.4 is 26.9 Å². The van der Waals surface area contributed by atoms with Crippen molar-refractivity contribution >= 4 is 17.4 Å². The molecule has 0 aliphatic heterocycles. The fraction of sp³-hybridized carbons (Fsp3) is 0.308. The van der Waals surface area contributed by atoms with E-state index in [0.717, 1.165) is 10.6 Å². The third-order valence-corrected chi connectivity index (χ3v) is 3.05. The van der Waals surface area contributed by atoms with Crippen molar-refractivity contribution < 1.29 is 21.2 Å². The Labute approximate surface area is 119 Å². The van der Waals surface area contributed by atoms with Gasteiger partial charge in [-0.1, -0.05) is 13.8 Å². The Morgan fingerprint density at radius 2 is 1.94 bits per heavy atom. The molecule has 0 spiro atoms. The first-order valence-electron chi connectivity index (χ1n) is 5.41. The van der Waals surface area contributed by atoms with E-state index in [-0.39, 0.29) is 21.2 Å². The zero-order valence-corrected chi connectivity index (χ0v) is 13.4. The molecule has 2 N–H and O–H groups in total. The Kier molecular flexibility index (Phi) is 10.3. The maximum absolute atomic E-state index is 5.77. The monoisotopic (exact) mass is 365 g/mol. The summed E-state index contributed by atoms with van der Waals surface area (Å²) in [5, 5.41) is 0.742. The molecule has 96 valence electrons. The zero-order chi connectivity index (χ0) is 13.1. The minimum absolute atomic E-state index is 0.144. The van der Waals surface area contributed by atoms with Crippen LogP contribution in [0.25, 0.3) is 0 Å². The van der Waals surface area contributed by atoms with Crippen LogP contribution in [0.3, 0.4) is 0 Å².